The third kappa shape index (κ3) is 5.07. The summed E-state index contributed by atoms with van der Waals surface area (Å²) in [5, 5.41) is 9.94. The molecule has 0 bridgehead atoms. The van der Waals surface area contributed by atoms with E-state index in [0.29, 0.717) is 24.4 Å². The second kappa shape index (κ2) is 10.1. The molecule has 1 aliphatic rings. The number of aromatic nitrogens is 2. The fourth-order valence-corrected chi connectivity index (χ4v) is 4.23. The maximum absolute atomic E-state index is 14.0. The van der Waals surface area contributed by atoms with E-state index in [1.165, 1.54) is 17.7 Å². The number of halogens is 1. The summed E-state index contributed by atoms with van der Waals surface area (Å²) in [5.41, 5.74) is 4.42. The number of benzene rings is 1. The lowest BCUT2D eigenvalue weighted by molar-refractivity contribution is -0.131. The molecule has 4 rings (SSSR count). The molecule has 0 saturated carbocycles. The highest BCUT2D eigenvalue weighted by molar-refractivity contribution is 5.96. The van der Waals surface area contributed by atoms with Crippen molar-refractivity contribution >= 4 is 22.5 Å². The highest BCUT2D eigenvalue weighted by atomic mass is 19.1. The van der Waals surface area contributed by atoms with Gasteiger partial charge in [-0.1, -0.05) is 6.08 Å². The maximum Gasteiger partial charge on any atom is 0.236 e. The zero-order chi connectivity index (χ0) is 23.4. The summed E-state index contributed by atoms with van der Waals surface area (Å²) in [7, 11) is 3.29. The van der Waals surface area contributed by atoms with Gasteiger partial charge in [-0.3, -0.25) is 9.69 Å². The average Bonchev–Trinajstić information content (AvgIpc) is 3.12. The van der Waals surface area contributed by atoms with E-state index in [2.05, 4.69) is 27.0 Å². The van der Waals surface area contributed by atoms with Gasteiger partial charge in [-0.2, -0.15) is 0 Å². The van der Waals surface area contributed by atoms with E-state index in [1.54, 1.807) is 31.3 Å². The Labute approximate surface area is 192 Å². The van der Waals surface area contributed by atoms with E-state index in [1.807, 2.05) is 6.07 Å². The molecule has 1 amide bonds. The number of ether oxygens (including phenoxy) is 1. The van der Waals surface area contributed by atoms with Crippen molar-refractivity contribution in [1.29, 1.82) is 0 Å². The van der Waals surface area contributed by atoms with E-state index in [-0.39, 0.29) is 18.3 Å². The Morgan fingerprint density at radius 2 is 2.12 bits per heavy atom. The number of likely N-dealkylation sites (N-methyl/N-ethyl adjacent to an activating group) is 1. The van der Waals surface area contributed by atoms with Gasteiger partial charge in [0.15, 0.2) is 0 Å². The molecule has 0 radical (unpaired) electrons. The molecule has 7 nitrogen and oxygen atoms in total. The van der Waals surface area contributed by atoms with Crippen molar-refractivity contribution in [3.05, 3.63) is 54.1 Å². The topological polar surface area (TPSA) is 81.7 Å². The SMILES string of the molecule is COc1ccc(F)cc1-c1ccnc2[nH]c(C3=CCCN(CC(=O)N(C)CCO)CC3)cc12. The number of pyridine rings is 1. The molecule has 0 atom stereocenters. The molecule has 0 aliphatic carbocycles. The first kappa shape index (κ1) is 22.9. The number of fused-ring (bicyclic) bond motifs is 1. The normalized spacial score (nSPS) is 14.7. The van der Waals surface area contributed by atoms with Crippen molar-refractivity contribution in [2.75, 3.05) is 46.9 Å². The molecule has 0 saturated heterocycles. The van der Waals surface area contributed by atoms with E-state index in [4.69, 9.17) is 9.84 Å². The van der Waals surface area contributed by atoms with E-state index >= 15 is 0 Å². The van der Waals surface area contributed by atoms with Crippen molar-refractivity contribution < 1.29 is 19.0 Å². The number of carbonyl (C=O) groups excluding carboxylic acids is 1. The van der Waals surface area contributed by atoms with Crippen LogP contribution in [0.2, 0.25) is 0 Å². The summed E-state index contributed by atoms with van der Waals surface area (Å²) >= 11 is 0. The predicted octanol–water partition coefficient (Wildman–Crippen LogP) is 3.31. The summed E-state index contributed by atoms with van der Waals surface area (Å²) in [6, 6.07) is 8.43. The first-order valence-corrected chi connectivity index (χ1v) is 11.1. The zero-order valence-corrected chi connectivity index (χ0v) is 19.0. The van der Waals surface area contributed by atoms with E-state index in [9.17, 15) is 9.18 Å². The summed E-state index contributed by atoms with van der Waals surface area (Å²) in [6.07, 6.45) is 5.54. The quantitative estimate of drug-likeness (QED) is 0.575. The third-order valence-corrected chi connectivity index (χ3v) is 6.08. The van der Waals surface area contributed by atoms with Gasteiger partial charge in [-0.25, -0.2) is 9.37 Å². The molecule has 174 valence electrons. The Balaban J connectivity index is 1.56. The summed E-state index contributed by atoms with van der Waals surface area (Å²) < 4.78 is 19.5. The zero-order valence-electron chi connectivity index (χ0n) is 19.0. The number of amides is 1. The first-order chi connectivity index (χ1) is 16.0. The van der Waals surface area contributed by atoms with E-state index < -0.39 is 0 Å². The van der Waals surface area contributed by atoms with Crippen LogP contribution in [-0.4, -0.2) is 77.7 Å². The van der Waals surface area contributed by atoms with E-state index in [0.717, 1.165) is 48.2 Å². The lowest BCUT2D eigenvalue weighted by atomic mass is 10.0. The lowest BCUT2D eigenvalue weighted by Gasteiger charge is -2.23. The number of H-pyrrole nitrogens is 1. The van der Waals surface area contributed by atoms with Crippen LogP contribution in [0.25, 0.3) is 27.7 Å². The minimum atomic E-state index is -0.322. The Morgan fingerprint density at radius 3 is 2.91 bits per heavy atom. The number of hydrogen-bond donors (Lipinski definition) is 2. The molecule has 8 heteroatoms. The first-order valence-electron chi connectivity index (χ1n) is 11.1. The van der Waals surface area contributed by atoms with Gasteiger partial charge in [0.2, 0.25) is 5.91 Å². The van der Waals surface area contributed by atoms with Gasteiger partial charge in [0.05, 0.1) is 20.3 Å². The van der Waals surface area contributed by atoms with Crippen molar-refractivity contribution in [1.82, 2.24) is 19.8 Å². The minimum absolute atomic E-state index is 0.0102. The van der Waals surface area contributed by atoms with Crippen LogP contribution in [0.3, 0.4) is 0 Å². The molecule has 3 aromatic rings. The van der Waals surface area contributed by atoms with Gasteiger partial charge >= 0.3 is 0 Å². The van der Waals surface area contributed by atoms with Crippen LogP contribution in [0.1, 0.15) is 18.5 Å². The second-order valence-electron chi connectivity index (χ2n) is 8.23. The molecule has 0 unspecified atom stereocenters. The van der Waals surface area contributed by atoms with Gasteiger partial charge in [-0.15, -0.1) is 0 Å². The lowest BCUT2D eigenvalue weighted by Crippen LogP contribution is -2.40. The largest absolute Gasteiger partial charge is 0.496 e. The fourth-order valence-electron chi connectivity index (χ4n) is 4.23. The number of aliphatic hydroxyl groups excluding tert-OH is 1. The number of hydrogen-bond acceptors (Lipinski definition) is 5. The van der Waals surface area contributed by atoms with Crippen LogP contribution in [0.5, 0.6) is 5.75 Å². The number of nitrogens with zero attached hydrogens (tertiary/aromatic N) is 3. The number of aromatic amines is 1. The van der Waals surface area contributed by atoms with Crippen molar-refractivity contribution in [3.8, 4) is 16.9 Å². The Hall–Kier alpha value is -3.23. The molecule has 2 aromatic heterocycles. The maximum atomic E-state index is 14.0. The van der Waals surface area contributed by atoms with Gasteiger partial charge in [0.1, 0.15) is 17.2 Å². The Kier molecular flexibility index (Phi) is 7.05. The number of rotatable bonds is 7. The second-order valence-corrected chi connectivity index (χ2v) is 8.23. The molecule has 0 fully saturated rings. The number of aliphatic hydroxyl groups is 1. The summed E-state index contributed by atoms with van der Waals surface area (Å²) in [6.45, 7) is 2.21. The van der Waals surface area contributed by atoms with Gasteiger partial charge in [0.25, 0.3) is 0 Å². The Bertz CT molecular complexity index is 1170. The standard InChI is InChI=1S/C25H29FN4O3/c1-29(12-13-31)24(32)16-30-10-3-4-17(8-11-30)22-15-21-19(7-9-27-25(21)28-22)20-14-18(26)5-6-23(20)33-2/h4-7,9,14-15,31H,3,8,10-13,16H2,1-2H3,(H,27,28). The molecule has 1 aromatic carbocycles. The minimum Gasteiger partial charge on any atom is -0.496 e. The van der Waals surface area contributed by atoms with Crippen LogP contribution in [0, 0.1) is 5.82 Å². The highest BCUT2D eigenvalue weighted by Gasteiger charge is 2.19. The highest BCUT2D eigenvalue weighted by Crippen LogP contribution is 2.36. The van der Waals surface area contributed by atoms with Crippen molar-refractivity contribution in [3.63, 3.8) is 0 Å². The number of methoxy groups -OCH3 is 1. The molecule has 2 N–H and O–H groups in total. The molecule has 0 spiro atoms. The third-order valence-electron chi connectivity index (χ3n) is 6.08. The van der Waals surface area contributed by atoms with Gasteiger partial charge in [0, 0.05) is 49.5 Å². The van der Waals surface area contributed by atoms with Crippen molar-refractivity contribution in [2.45, 2.75) is 12.8 Å². The monoisotopic (exact) mass is 452 g/mol. The molecule has 33 heavy (non-hydrogen) atoms. The number of nitrogens with one attached hydrogen (secondary N) is 1. The summed E-state index contributed by atoms with van der Waals surface area (Å²) in [5.74, 6) is 0.292. The molecule has 3 heterocycles. The van der Waals surface area contributed by atoms with Gasteiger partial charge in [-0.05, 0) is 54.3 Å². The number of carbonyl (C=O) groups is 1. The van der Waals surface area contributed by atoms with Gasteiger partial charge < -0.3 is 19.7 Å². The van der Waals surface area contributed by atoms with Crippen LogP contribution < -0.4 is 4.74 Å². The molecular weight excluding hydrogens is 423 g/mol. The predicted molar refractivity (Wildman–Crippen MR) is 126 cm³/mol. The van der Waals surface area contributed by atoms with Crippen LogP contribution in [0.15, 0.2) is 42.6 Å². The van der Waals surface area contributed by atoms with Crippen LogP contribution in [0.4, 0.5) is 4.39 Å². The molecule has 1 aliphatic heterocycles. The average molecular weight is 453 g/mol. The molecular formula is C25H29FN4O3. The van der Waals surface area contributed by atoms with Crippen LogP contribution >= 0.6 is 0 Å². The Morgan fingerprint density at radius 1 is 1.27 bits per heavy atom. The fraction of sp³-hybridized carbons (Fsp3) is 0.360. The van der Waals surface area contributed by atoms with Crippen molar-refractivity contribution in [2.24, 2.45) is 0 Å². The van der Waals surface area contributed by atoms with Crippen LogP contribution in [-0.2, 0) is 4.79 Å². The summed E-state index contributed by atoms with van der Waals surface area (Å²) in [4.78, 5) is 23.9. The smallest absolute Gasteiger partial charge is 0.236 e.